The SMILES string of the molecule is COC(=O)CN[C@H]1CS(=O)(=O)C[C@@H]1S(=O)(=O)c1cc(C)ccc1F. The van der Waals surface area contributed by atoms with Crippen molar-refractivity contribution < 1.29 is 30.8 Å². The molecule has 24 heavy (non-hydrogen) atoms. The molecule has 1 saturated heterocycles. The zero-order chi connectivity index (χ0) is 18.1. The molecule has 1 aliphatic rings. The second kappa shape index (κ2) is 6.77. The number of ether oxygens (including phenoxy) is 1. The number of methoxy groups -OCH3 is 1. The number of esters is 1. The van der Waals surface area contributed by atoms with Crippen LogP contribution in [0.4, 0.5) is 4.39 Å². The van der Waals surface area contributed by atoms with Crippen LogP contribution in [0, 0.1) is 12.7 Å². The van der Waals surface area contributed by atoms with E-state index in [2.05, 4.69) is 10.1 Å². The minimum Gasteiger partial charge on any atom is -0.468 e. The van der Waals surface area contributed by atoms with Crippen LogP contribution in [-0.2, 0) is 29.2 Å². The van der Waals surface area contributed by atoms with Gasteiger partial charge in [-0.1, -0.05) is 6.07 Å². The van der Waals surface area contributed by atoms with E-state index < -0.39 is 59.2 Å². The van der Waals surface area contributed by atoms with E-state index in [0.29, 0.717) is 5.56 Å². The molecule has 2 rings (SSSR count). The van der Waals surface area contributed by atoms with Crippen molar-refractivity contribution in [3.63, 3.8) is 0 Å². The Morgan fingerprint density at radius 1 is 1.38 bits per heavy atom. The lowest BCUT2D eigenvalue weighted by molar-refractivity contribution is -0.139. The van der Waals surface area contributed by atoms with E-state index in [-0.39, 0.29) is 6.54 Å². The molecular weight excluding hydrogens is 361 g/mol. The standard InChI is InChI=1S/C14H18FNO6S2/c1-9-3-4-10(15)12(5-9)24(20,21)13-8-23(18,19)7-11(13)16-6-14(17)22-2/h3-5,11,13,16H,6-8H2,1-2H3/t11-,13-/m0/s1. The Hall–Kier alpha value is -1.52. The minimum atomic E-state index is -4.24. The molecule has 0 saturated carbocycles. The van der Waals surface area contributed by atoms with Crippen LogP contribution < -0.4 is 5.32 Å². The van der Waals surface area contributed by atoms with Gasteiger partial charge in [0, 0.05) is 6.04 Å². The van der Waals surface area contributed by atoms with Gasteiger partial charge < -0.3 is 10.1 Å². The van der Waals surface area contributed by atoms with Crippen LogP contribution in [0.1, 0.15) is 5.56 Å². The largest absolute Gasteiger partial charge is 0.468 e. The van der Waals surface area contributed by atoms with Crippen molar-refractivity contribution in [3.8, 4) is 0 Å². The number of sulfone groups is 2. The van der Waals surface area contributed by atoms with Crippen molar-refractivity contribution in [1.29, 1.82) is 0 Å². The molecule has 2 atom stereocenters. The fraction of sp³-hybridized carbons (Fsp3) is 0.500. The van der Waals surface area contributed by atoms with Gasteiger partial charge >= 0.3 is 5.97 Å². The van der Waals surface area contributed by atoms with Crippen molar-refractivity contribution in [3.05, 3.63) is 29.6 Å². The first-order valence-corrected chi connectivity index (χ1v) is 10.4. The minimum absolute atomic E-state index is 0.334. The highest BCUT2D eigenvalue weighted by Crippen LogP contribution is 2.28. The highest BCUT2D eigenvalue weighted by molar-refractivity contribution is 7.96. The van der Waals surface area contributed by atoms with E-state index in [4.69, 9.17) is 0 Å². The number of aryl methyl sites for hydroxylation is 1. The first-order valence-electron chi connectivity index (χ1n) is 7.07. The molecule has 7 nitrogen and oxygen atoms in total. The van der Waals surface area contributed by atoms with Gasteiger partial charge in [0.2, 0.25) is 0 Å². The van der Waals surface area contributed by atoms with E-state index in [0.717, 1.165) is 13.2 Å². The zero-order valence-corrected chi connectivity index (χ0v) is 14.8. The predicted octanol–water partition coefficient (Wildman–Crippen LogP) is -0.164. The number of hydrogen-bond acceptors (Lipinski definition) is 7. The van der Waals surface area contributed by atoms with Crippen molar-refractivity contribution in [1.82, 2.24) is 5.32 Å². The summed E-state index contributed by atoms with van der Waals surface area (Å²) in [7, 11) is -6.71. The van der Waals surface area contributed by atoms with E-state index >= 15 is 0 Å². The molecule has 0 amide bonds. The van der Waals surface area contributed by atoms with Crippen LogP contribution in [0.2, 0.25) is 0 Å². The van der Waals surface area contributed by atoms with Crippen LogP contribution >= 0.6 is 0 Å². The van der Waals surface area contributed by atoms with Crippen molar-refractivity contribution in [2.24, 2.45) is 0 Å². The lowest BCUT2D eigenvalue weighted by Crippen LogP contribution is -2.45. The fourth-order valence-corrected chi connectivity index (χ4v) is 7.46. The third-order valence-electron chi connectivity index (χ3n) is 3.83. The summed E-state index contributed by atoms with van der Waals surface area (Å²) in [5.41, 5.74) is 0.537. The average molecular weight is 379 g/mol. The molecule has 1 fully saturated rings. The zero-order valence-electron chi connectivity index (χ0n) is 13.2. The van der Waals surface area contributed by atoms with Gasteiger partial charge in [-0.05, 0) is 24.6 Å². The lowest BCUT2D eigenvalue weighted by Gasteiger charge is -2.20. The van der Waals surface area contributed by atoms with Gasteiger partial charge in [0.05, 0.1) is 30.4 Å². The number of nitrogens with one attached hydrogen (secondary N) is 1. The third kappa shape index (κ3) is 3.93. The first-order chi connectivity index (χ1) is 11.1. The topological polar surface area (TPSA) is 107 Å². The molecule has 1 aliphatic heterocycles. The molecule has 0 radical (unpaired) electrons. The monoisotopic (exact) mass is 379 g/mol. The van der Waals surface area contributed by atoms with Gasteiger partial charge in [-0.2, -0.15) is 0 Å². The molecule has 1 aromatic carbocycles. The van der Waals surface area contributed by atoms with Crippen molar-refractivity contribution in [2.45, 2.75) is 23.1 Å². The third-order valence-corrected chi connectivity index (χ3v) is 7.99. The molecular formula is C14H18FNO6S2. The Balaban J connectivity index is 2.38. The van der Waals surface area contributed by atoms with E-state index in [1.807, 2.05) is 0 Å². The molecule has 1 N–H and O–H groups in total. The summed E-state index contributed by atoms with van der Waals surface area (Å²) in [6.07, 6.45) is 0. The van der Waals surface area contributed by atoms with Gasteiger partial charge in [0.15, 0.2) is 19.7 Å². The fourth-order valence-electron chi connectivity index (χ4n) is 2.59. The van der Waals surface area contributed by atoms with Crippen molar-refractivity contribution in [2.75, 3.05) is 25.2 Å². The summed E-state index contributed by atoms with van der Waals surface area (Å²) >= 11 is 0. The van der Waals surface area contributed by atoms with Gasteiger partial charge in [-0.25, -0.2) is 21.2 Å². The number of carbonyl (C=O) groups excluding carboxylic acids is 1. The average Bonchev–Trinajstić information content (AvgIpc) is 2.82. The van der Waals surface area contributed by atoms with Gasteiger partial charge in [0.25, 0.3) is 0 Å². The Morgan fingerprint density at radius 3 is 2.67 bits per heavy atom. The number of benzene rings is 1. The summed E-state index contributed by atoms with van der Waals surface area (Å²) < 4.78 is 67.7. The predicted molar refractivity (Wildman–Crippen MR) is 84.6 cm³/mol. The van der Waals surface area contributed by atoms with Crippen LogP contribution in [0.15, 0.2) is 23.1 Å². The Kier molecular flexibility index (Phi) is 5.31. The summed E-state index contributed by atoms with van der Waals surface area (Å²) in [5.74, 6) is -2.66. The molecule has 0 aliphatic carbocycles. The maximum atomic E-state index is 14.0. The normalized spacial score (nSPS) is 23.1. The van der Waals surface area contributed by atoms with Crippen LogP contribution in [0.3, 0.4) is 0 Å². The molecule has 0 unspecified atom stereocenters. The maximum absolute atomic E-state index is 14.0. The molecule has 134 valence electrons. The van der Waals surface area contributed by atoms with Crippen molar-refractivity contribution >= 4 is 25.6 Å². The van der Waals surface area contributed by atoms with Crippen LogP contribution in [0.5, 0.6) is 0 Å². The molecule has 1 heterocycles. The summed E-state index contributed by atoms with van der Waals surface area (Å²) in [4.78, 5) is 10.7. The number of carbonyl (C=O) groups is 1. The van der Waals surface area contributed by atoms with Crippen LogP contribution in [-0.4, -0.2) is 59.3 Å². The molecule has 0 aromatic heterocycles. The molecule has 10 heteroatoms. The number of halogens is 1. The van der Waals surface area contributed by atoms with Crippen LogP contribution in [0.25, 0.3) is 0 Å². The summed E-state index contributed by atoms with van der Waals surface area (Å²) in [6.45, 7) is 1.27. The van der Waals surface area contributed by atoms with E-state index in [9.17, 15) is 26.0 Å². The smallest absolute Gasteiger partial charge is 0.319 e. The Labute approximate surface area is 140 Å². The van der Waals surface area contributed by atoms with Gasteiger partial charge in [-0.15, -0.1) is 0 Å². The first kappa shape index (κ1) is 18.8. The quantitative estimate of drug-likeness (QED) is 0.708. The molecule has 0 spiro atoms. The Morgan fingerprint density at radius 2 is 2.04 bits per heavy atom. The highest BCUT2D eigenvalue weighted by atomic mass is 32.2. The number of rotatable bonds is 5. The Bertz CT molecular complexity index is 850. The highest BCUT2D eigenvalue weighted by Gasteiger charge is 2.46. The second-order valence-corrected chi connectivity index (χ2v) is 9.95. The summed E-state index contributed by atoms with van der Waals surface area (Å²) in [6, 6.07) is 2.61. The van der Waals surface area contributed by atoms with E-state index in [1.54, 1.807) is 6.92 Å². The van der Waals surface area contributed by atoms with Gasteiger partial charge in [0.1, 0.15) is 10.7 Å². The number of hydrogen-bond donors (Lipinski definition) is 1. The van der Waals surface area contributed by atoms with Gasteiger partial charge in [-0.3, -0.25) is 4.79 Å². The maximum Gasteiger partial charge on any atom is 0.319 e. The van der Waals surface area contributed by atoms with E-state index in [1.165, 1.54) is 12.1 Å². The summed E-state index contributed by atoms with van der Waals surface area (Å²) in [5, 5.41) is 1.22. The molecule has 0 bridgehead atoms. The molecule has 1 aromatic rings. The second-order valence-electron chi connectivity index (χ2n) is 5.66. The lowest BCUT2D eigenvalue weighted by atomic mass is 10.2.